The van der Waals surface area contributed by atoms with E-state index in [0.717, 1.165) is 12.8 Å². The second kappa shape index (κ2) is 7.40. The fraction of sp³-hybridized carbons (Fsp3) is 0.786. The molecular formula is C14H22N2O5. The molecule has 0 saturated carbocycles. The topological polar surface area (TPSA) is 87.2 Å². The van der Waals surface area contributed by atoms with Crippen LogP contribution in [0.25, 0.3) is 0 Å². The van der Waals surface area contributed by atoms with Crippen LogP contribution in [0.5, 0.6) is 0 Å². The summed E-state index contributed by atoms with van der Waals surface area (Å²) in [7, 11) is 0. The van der Waals surface area contributed by atoms with Crippen LogP contribution >= 0.6 is 0 Å². The molecule has 0 spiro atoms. The molecular weight excluding hydrogens is 276 g/mol. The van der Waals surface area contributed by atoms with Crippen LogP contribution in [0, 0.1) is 0 Å². The van der Waals surface area contributed by atoms with E-state index in [-0.39, 0.29) is 30.9 Å². The van der Waals surface area contributed by atoms with Crippen LogP contribution in [0.15, 0.2) is 0 Å². The maximum absolute atomic E-state index is 12.4. The summed E-state index contributed by atoms with van der Waals surface area (Å²) in [6.07, 6.45) is 3.53. The summed E-state index contributed by atoms with van der Waals surface area (Å²) >= 11 is 0. The Morgan fingerprint density at radius 3 is 2.62 bits per heavy atom. The molecule has 2 heterocycles. The Morgan fingerprint density at radius 2 is 2.00 bits per heavy atom. The molecule has 2 amide bonds. The van der Waals surface area contributed by atoms with E-state index < -0.39 is 5.97 Å². The van der Waals surface area contributed by atoms with Gasteiger partial charge in [-0.2, -0.15) is 0 Å². The van der Waals surface area contributed by atoms with Crippen molar-refractivity contribution >= 4 is 17.8 Å². The standard InChI is InChI=1S/C14H22N2O5/c17-12-3-1-2-6-15(12)9-13(18)16(10-14(19)20)11-4-7-21-8-5-11/h11H,1-10H2,(H,19,20). The maximum Gasteiger partial charge on any atom is 0.323 e. The van der Waals surface area contributed by atoms with E-state index in [9.17, 15) is 14.4 Å². The highest BCUT2D eigenvalue weighted by Crippen LogP contribution is 2.16. The van der Waals surface area contributed by atoms with Crippen LogP contribution in [0.4, 0.5) is 0 Å². The van der Waals surface area contributed by atoms with E-state index in [0.29, 0.717) is 39.0 Å². The van der Waals surface area contributed by atoms with Crippen LogP contribution in [-0.4, -0.2) is 71.6 Å². The van der Waals surface area contributed by atoms with E-state index in [1.54, 1.807) is 4.90 Å². The van der Waals surface area contributed by atoms with E-state index in [2.05, 4.69) is 0 Å². The van der Waals surface area contributed by atoms with Crippen molar-refractivity contribution in [2.75, 3.05) is 32.8 Å². The molecule has 7 nitrogen and oxygen atoms in total. The molecule has 0 aromatic carbocycles. The summed E-state index contributed by atoms with van der Waals surface area (Å²) in [5.74, 6) is -1.32. The van der Waals surface area contributed by atoms with Gasteiger partial charge in [0.25, 0.3) is 0 Å². The Labute approximate surface area is 123 Å². The minimum Gasteiger partial charge on any atom is -0.480 e. The molecule has 0 unspecified atom stereocenters. The van der Waals surface area contributed by atoms with Crippen LogP contribution < -0.4 is 0 Å². The fourth-order valence-corrected chi connectivity index (χ4v) is 2.85. The molecule has 2 fully saturated rings. The summed E-state index contributed by atoms with van der Waals surface area (Å²) in [5.41, 5.74) is 0. The molecule has 0 radical (unpaired) electrons. The van der Waals surface area contributed by atoms with Crippen molar-refractivity contribution in [3.05, 3.63) is 0 Å². The van der Waals surface area contributed by atoms with Crippen molar-refractivity contribution in [1.29, 1.82) is 0 Å². The minimum absolute atomic E-state index is 0.0104. The molecule has 118 valence electrons. The van der Waals surface area contributed by atoms with Crippen molar-refractivity contribution in [2.24, 2.45) is 0 Å². The van der Waals surface area contributed by atoms with Crippen LogP contribution in [0.1, 0.15) is 32.1 Å². The van der Waals surface area contributed by atoms with Crippen LogP contribution in [0.2, 0.25) is 0 Å². The van der Waals surface area contributed by atoms with E-state index >= 15 is 0 Å². The third-order valence-corrected chi connectivity index (χ3v) is 4.01. The predicted octanol–water partition coefficient (Wildman–Crippen LogP) is 0.0911. The van der Waals surface area contributed by atoms with Gasteiger partial charge in [0.05, 0.1) is 6.54 Å². The van der Waals surface area contributed by atoms with Gasteiger partial charge in [0.15, 0.2) is 0 Å². The molecule has 2 aliphatic heterocycles. The summed E-state index contributed by atoms with van der Waals surface area (Å²) in [4.78, 5) is 38.1. The zero-order valence-corrected chi connectivity index (χ0v) is 12.1. The lowest BCUT2D eigenvalue weighted by atomic mass is 10.1. The van der Waals surface area contributed by atoms with Gasteiger partial charge in [0, 0.05) is 32.2 Å². The minimum atomic E-state index is -1.03. The summed E-state index contributed by atoms with van der Waals surface area (Å²) in [6.45, 7) is 1.34. The lowest BCUT2D eigenvalue weighted by molar-refractivity contribution is -0.150. The number of carboxylic acid groups (broad SMARTS) is 1. The molecule has 0 aliphatic carbocycles. The van der Waals surface area contributed by atoms with Gasteiger partial charge in [-0.3, -0.25) is 14.4 Å². The number of piperidine rings is 1. The molecule has 0 bridgehead atoms. The first kappa shape index (κ1) is 15.8. The highest BCUT2D eigenvalue weighted by molar-refractivity contribution is 5.87. The zero-order chi connectivity index (χ0) is 15.2. The first-order chi connectivity index (χ1) is 10.1. The fourth-order valence-electron chi connectivity index (χ4n) is 2.85. The largest absolute Gasteiger partial charge is 0.480 e. The number of nitrogens with zero attached hydrogens (tertiary/aromatic N) is 2. The average Bonchev–Trinajstić information content (AvgIpc) is 2.48. The monoisotopic (exact) mass is 298 g/mol. The molecule has 21 heavy (non-hydrogen) atoms. The Balaban J connectivity index is 1.98. The molecule has 7 heteroatoms. The van der Waals surface area contributed by atoms with Gasteiger partial charge in [-0.15, -0.1) is 0 Å². The van der Waals surface area contributed by atoms with E-state index in [4.69, 9.17) is 9.84 Å². The van der Waals surface area contributed by atoms with Gasteiger partial charge in [-0.25, -0.2) is 0 Å². The summed E-state index contributed by atoms with van der Waals surface area (Å²) in [5, 5.41) is 9.02. The van der Waals surface area contributed by atoms with E-state index in [1.807, 2.05) is 0 Å². The number of rotatable bonds is 5. The first-order valence-electron chi connectivity index (χ1n) is 7.44. The van der Waals surface area contributed by atoms with Gasteiger partial charge >= 0.3 is 5.97 Å². The summed E-state index contributed by atoms with van der Waals surface area (Å²) in [6, 6.07) is -0.109. The third kappa shape index (κ3) is 4.42. The first-order valence-corrected chi connectivity index (χ1v) is 7.44. The number of likely N-dealkylation sites (tertiary alicyclic amines) is 1. The molecule has 2 saturated heterocycles. The number of carbonyl (C=O) groups excluding carboxylic acids is 2. The maximum atomic E-state index is 12.4. The highest BCUT2D eigenvalue weighted by Gasteiger charge is 2.30. The second-order valence-electron chi connectivity index (χ2n) is 5.53. The molecule has 1 N–H and O–H groups in total. The number of aliphatic carboxylic acids is 1. The third-order valence-electron chi connectivity index (χ3n) is 4.01. The lowest BCUT2D eigenvalue weighted by Crippen LogP contribution is -2.51. The molecule has 2 rings (SSSR count). The Bertz CT molecular complexity index is 406. The van der Waals surface area contributed by atoms with Crippen molar-refractivity contribution in [3.63, 3.8) is 0 Å². The Morgan fingerprint density at radius 1 is 1.29 bits per heavy atom. The average molecular weight is 298 g/mol. The number of ether oxygens (including phenoxy) is 1. The molecule has 0 atom stereocenters. The predicted molar refractivity (Wildman–Crippen MR) is 73.6 cm³/mol. The van der Waals surface area contributed by atoms with Gasteiger partial charge < -0.3 is 19.6 Å². The second-order valence-corrected chi connectivity index (χ2v) is 5.53. The number of carboxylic acids is 1. The quantitative estimate of drug-likeness (QED) is 0.777. The van der Waals surface area contributed by atoms with Crippen molar-refractivity contribution in [1.82, 2.24) is 9.80 Å². The van der Waals surface area contributed by atoms with Crippen LogP contribution in [-0.2, 0) is 19.1 Å². The van der Waals surface area contributed by atoms with Crippen molar-refractivity contribution in [2.45, 2.75) is 38.1 Å². The number of hydrogen-bond donors (Lipinski definition) is 1. The van der Waals surface area contributed by atoms with Crippen molar-refractivity contribution < 1.29 is 24.2 Å². The lowest BCUT2D eigenvalue weighted by Gasteiger charge is -2.35. The molecule has 2 aliphatic rings. The zero-order valence-electron chi connectivity index (χ0n) is 12.1. The number of amides is 2. The van der Waals surface area contributed by atoms with Gasteiger partial charge in [0.1, 0.15) is 6.54 Å². The highest BCUT2D eigenvalue weighted by atomic mass is 16.5. The molecule has 0 aromatic rings. The van der Waals surface area contributed by atoms with Gasteiger partial charge in [-0.1, -0.05) is 0 Å². The number of carbonyl (C=O) groups is 3. The van der Waals surface area contributed by atoms with Gasteiger partial charge in [0.2, 0.25) is 11.8 Å². The van der Waals surface area contributed by atoms with Crippen LogP contribution in [0.3, 0.4) is 0 Å². The smallest absolute Gasteiger partial charge is 0.323 e. The van der Waals surface area contributed by atoms with E-state index in [1.165, 1.54) is 4.90 Å². The SMILES string of the molecule is O=C(O)CN(C(=O)CN1CCCCC1=O)C1CCOCC1. The Hall–Kier alpha value is -1.63. The number of hydrogen-bond acceptors (Lipinski definition) is 4. The van der Waals surface area contributed by atoms with Gasteiger partial charge in [-0.05, 0) is 25.7 Å². The Kier molecular flexibility index (Phi) is 5.55. The van der Waals surface area contributed by atoms with Crippen molar-refractivity contribution in [3.8, 4) is 0 Å². The molecule has 0 aromatic heterocycles. The normalized spacial score (nSPS) is 20.4. The summed E-state index contributed by atoms with van der Waals surface area (Å²) < 4.78 is 5.25.